The number of rotatable bonds is 6. The third-order valence-electron chi connectivity index (χ3n) is 5.94. The van der Waals surface area contributed by atoms with Crippen LogP contribution in [0.1, 0.15) is 39.2 Å². The van der Waals surface area contributed by atoms with Gasteiger partial charge in [0.1, 0.15) is 23.1 Å². The van der Waals surface area contributed by atoms with Gasteiger partial charge in [0, 0.05) is 31.4 Å². The van der Waals surface area contributed by atoms with E-state index in [1.807, 2.05) is 32.9 Å². The van der Waals surface area contributed by atoms with Crippen LogP contribution in [0.25, 0.3) is 11.3 Å². The van der Waals surface area contributed by atoms with Crippen molar-refractivity contribution in [3.05, 3.63) is 71.1 Å². The van der Waals surface area contributed by atoms with Crippen molar-refractivity contribution in [3.63, 3.8) is 0 Å². The lowest BCUT2D eigenvalue weighted by molar-refractivity contribution is -0.121. The molecule has 200 valence electrons. The molecule has 1 aromatic carbocycles. The SMILES string of the molecule is CC(C)(C)OC(=O)N1CCCC(C(=O)Nc2cc(-c3cccc(NCc4cccc(F)c4)n3)c(Cl)cn2)C1. The molecule has 0 saturated carbocycles. The second-order valence-corrected chi connectivity index (χ2v) is 10.6. The molecule has 0 bridgehead atoms. The number of aromatic nitrogens is 2. The van der Waals surface area contributed by atoms with E-state index < -0.39 is 11.7 Å². The summed E-state index contributed by atoms with van der Waals surface area (Å²) in [7, 11) is 0. The Balaban J connectivity index is 1.43. The van der Waals surface area contributed by atoms with E-state index in [-0.39, 0.29) is 24.2 Å². The zero-order valence-electron chi connectivity index (χ0n) is 21.6. The summed E-state index contributed by atoms with van der Waals surface area (Å²) in [6.45, 7) is 6.68. The first kappa shape index (κ1) is 27.3. The molecule has 2 N–H and O–H groups in total. The quantitative estimate of drug-likeness (QED) is 0.391. The average Bonchev–Trinajstić information content (AvgIpc) is 2.88. The Morgan fingerprint density at radius 1 is 1.16 bits per heavy atom. The number of carbonyl (C=O) groups excluding carboxylic acids is 2. The number of amides is 2. The van der Waals surface area contributed by atoms with Crippen LogP contribution in [0.4, 0.5) is 20.8 Å². The molecule has 3 aromatic rings. The highest BCUT2D eigenvalue weighted by Gasteiger charge is 2.31. The Hall–Kier alpha value is -3.72. The van der Waals surface area contributed by atoms with E-state index >= 15 is 0 Å². The Labute approximate surface area is 226 Å². The number of halogens is 2. The summed E-state index contributed by atoms with van der Waals surface area (Å²) >= 11 is 6.43. The van der Waals surface area contributed by atoms with E-state index in [0.717, 1.165) is 5.56 Å². The predicted molar refractivity (Wildman–Crippen MR) is 145 cm³/mol. The lowest BCUT2D eigenvalue weighted by atomic mass is 9.97. The Morgan fingerprint density at radius 2 is 1.95 bits per heavy atom. The van der Waals surface area contributed by atoms with Gasteiger partial charge in [-0.05, 0) is 69.5 Å². The van der Waals surface area contributed by atoms with Crippen molar-refractivity contribution in [2.24, 2.45) is 5.92 Å². The van der Waals surface area contributed by atoms with Crippen molar-refractivity contribution in [3.8, 4) is 11.3 Å². The fourth-order valence-electron chi connectivity index (χ4n) is 4.14. The Bertz CT molecular complexity index is 1310. The minimum Gasteiger partial charge on any atom is -0.444 e. The summed E-state index contributed by atoms with van der Waals surface area (Å²) in [5, 5.41) is 6.42. The van der Waals surface area contributed by atoms with Crippen molar-refractivity contribution in [1.82, 2.24) is 14.9 Å². The van der Waals surface area contributed by atoms with Crippen molar-refractivity contribution < 1.29 is 18.7 Å². The molecular formula is C28H31ClFN5O3. The van der Waals surface area contributed by atoms with Crippen molar-refractivity contribution >= 4 is 35.2 Å². The summed E-state index contributed by atoms with van der Waals surface area (Å²) < 4.78 is 18.9. The van der Waals surface area contributed by atoms with Crippen LogP contribution >= 0.6 is 11.6 Å². The van der Waals surface area contributed by atoms with Crippen LogP contribution in [0.3, 0.4) is 0 Å². The molecule has 38 heavy (non-hydrogen) atoms. The van der Waals surface area contributed by atoms with Crippen molar-refractivity contribution in [2.45, 2.75) is 45.8 Å². The zero-order chi connectivity index (χ0) is 27.3. The molecule has 1 saturated heterocycles. The minimum atomic E-state index is -0.601. The van der Waals surface area contributed by atoms with Crippen LogP contribution < -0.4 is 10.6 Å². The summed E-state index contributed by atoms with van der Waals surface area (Å²) in [5.74, 6) is 0.0245. The zero-order valence-corrected chi connectivity index (χ0v) is 22.4. The van der Waals surface area contributed by atoms with E-state index in [2.05, 4.69) is 20.6 Å². The van der Waals surface area contributed by atoms with Gasteiger partial charge in [-0.1, -0.05) is 29.8 Å². The van der Waals surface area contributed by atoms with Gasteiger partial charge in [0.25, 0.3) is 0 Å². The second kappa shape index (κ2) is 11.8. The summed E-state index contributed by atoms with van der Waals surface area (Å²) in [5.41, 5.74) is 1.38. The number of nitrogens with one attached hydrogen (secondary N) is 2. The second-order valence-electron chi connectivity index (χ2n) is 10.2. The number of piperidine rings is 1. The van der Waals surface area contributed by atoms with Gasteiger partial charge in [-0.15, -0.1) is 0 Å². The van der Waals surface area contributed by atoms with E-state index in [9.17, 15) is 14.0 Å². The molecule has 1 fully saturated rings. The van der Waals surface area contributed by atoms with Crippen LogP contribution in [0.5, 0.6) is 0 Å². The van der Waals surface area contributed by atoms with Gasteiger partial charge in [0.05, 0.1) is 16.6 Å². The van der Waals surface area contributed by atoms with Crippen LogP contribution in [0.15, 0.2) is 54.7 Å². The number of nitrogens with zero attached hydrogens (tertiary/aromatic N) is 3. The fourth-order valence-corrected chi connectivity index (χ4v) is 4.34. The Kier molecular flexibility index (Phi) is 8.46. The molecule has 3 heterocycles. The summed E-state index contributed by atoms with van der Waals surface area (Å²) in [6.07, 6.45) is 2.41. The van der Waals surface area contributed by atoms with Crippen molar-refractivity contribution in [1.29, 1.82) is 0 Å². The first-order valence-electron chi connectivity index (χ1n) is 12.5. The summed E-state index contributed by atoms with van der Waals surface area (Å²) in [6, 6.07) is 13.5. The molecule has 0 aliphatic carbocycles. The van der Waals surface area contributed by atoms with Gasteiger partial charge in [0.15, 0.2) is 0 Å². The molecule has 1 atom stereocenters. The number of likely N-dealkylation sites (tertiary alicyclic amines) is 1. The standard InChI is InChI=1S/C28H31ClFN5O3/c1-28(2,3)38-27(37)35-12-6-8-19(17-35)26(36)34-25-14-21(22(29)16-32-25)23-10-5-11-24(33-23)31-15-18-7-4-9-20(30)13-18/h4-5,7,9-11,13-14,16,19H,6,8,12,15,17H2,1-3H3,(H,31,33)(H,32,34,36). The average molecular weight is 540 g/mol. The number of hydrogen-bond acceptors (Lipinski definition) is 6. The minimum absolute atomic E-state index is 0.225. The molecule has 8 nitrogen and oxygen atoms in total. The number of hydrogen-bond donors (Lipinski definition) is 2. The number of pyridine rings is 2. The van der Waals surface area contributed by atoms with Gasteiger partial charge in [-0.2, -0.15) is 0 Å². The normalized spacial score (nSPS) is 15.6. The first-order chi connectivity index (χ1) is 18.1. The largest absolute Gasteiger partial charge is 0.444 e. The smallest absolute Gasteiger partial charge is 0.410 e. The third kappa shape index (κ3) is 7.41. The maximum absolute atomic E-state index is 13.5. The lowest BCUT2D eigenvalue weighted by Gasteiger charge is -2.33. The van der Waals surface area contributed by atoms with E-state index in [0.29, 0.717) is 53.8 Å². The topological polar surface area (TPSA) is 96.5 Å². The van der Waals surface area contributed by atoms with Crippen molar-refractivity contribution in [2.75, 3.05) is 23.7 Å². The molecule has 2 aromatic heterocycles. The van der Waals surface area contributed by atoms with Gasteiger partial charge in [-0.3, -0.25) is 4.79 Å². The molecule has 0 spiro atoms. The van der Waals surface area contributed by atoms with Crippen LogP contribution in [0.2, 0.25) is 5.02 Å². The monoisotopic (exact) mass is 539 g/mol. The highest BCUT2D eigenvalue weighted by Crippen LogP contribution is 2.29. The first-order valence-corrected chi connectivity index (χ1v) is 12.9. The van der Waals surface area contributed by atoms with E-state index in [4.69, 9.17) is 16.3 Å². The molecule has 1 aliphatic heterocycles. The maximum Gasteiger partial charge on any atom is 0.410 e. The molecule has 2 amide bonds. The van der Waals surface area contributed by atoms with Gasteiger partial charge in [0.2, 0.25) is 5.91 Å². The lowest BCUT2D eigenvalue weighted by Crippen LogP contribution is -2.45. The third-order valence-corrected chi connectivity index (χ3v) is 6.24. The maximum atomic E-state index is 13.5. The highest BCUT2D eigenvalue weighted by atomic mass is 35.5. The highest BCUT2D eigenvalue weighted by molar-refractivity contribution is 6.33. The van der Waals surface area contributed by atoms with Crippen LogP contribution in [0, 0.1) is 11.7 Å². The molecular weight excluding hydrogens is 509 g/mol. The number of carbonyl (C=O) groups is 2. The van der Waals surface area contributed by atoms with Gasteiger partial charge >= 0.3 is 6.09 Å². The molecule has 10 heteroatoms. The molecule has 1 unspecified atom stereocenters. The number of ether oxygens (including phenoxy) is 1. The van der Waals surface area contributed by atoms with Gasteiger partial charge < -0.3 is 20.3 Å². The molecule has 1 aliphatic rings. The van der Waals surface area contributed by atoms with Crippen LogP contribution in [-0.2, 0) is 16.1 Å². The van der Waals surface area contributed by atoms with Gasteiger partial charge in [-0.25, -0.2) is 19.2 Å². The Morgan fingerprint density at radius 3 is 2.71 bits per heavy atom. The van der Waals surface area contributed by atoms with Crippen LogP contribution in [-0.4, -0.2) is 45.6 Å². The summed E-state index contributed by atoms with van der Waals surface area (Å²) in [4.78, 5) is 36.0. The number of anilines is 2. The fraction of sp³-hybridized carbons (Fsp3) is 0.357. The predicted octanol–water partition coefficient (Wildman–Crippen LogP) is 6.13. The van der Waals surface area contributed by atoms with E-state index in [1.165, 1.54) is 18.3 Å². The van der Waals surface area contributed by atoms with E-state index in [1.54, 1.807) is 29.2 Å². The molecule has 4 rings (SSSR count). The molecule has 0 radical (unpaired) electrons. The number of benzene rings is 1.